The van der Waals surface area contributed by atoms with Gasteiger partial charge in [-0.1, -0.05) is 24.3 Å². The Morgan fingerprint density at radius 3 is 2.55 bits per heavy atom. The molecule has 6 heteroatoms. The average Bonchev–Trinajstić information content (AvgIpc) is 2.86. The fourth-order valence-corrected chi connectivity index (χ4v) is 2.69. The lowest BCUT2D eigenvalue weighted by Gasteiger charge is -2.14. The predicted octanol–water partition coefficient (Wildman–Crippen LogP) is 1.39. The molecular weight excluding hydrogens is 282 g/mol. The number of hydrogen-bond acceptors (Lipinski definition) is 4. The maximum absolute atomic E-state index is 12.7. The van der Waals surface area contributed by atoms with E-state index in [4.69, 9.17) is 0 Å². The second kappa shape index (κ2) is 4.42. The maximum Gasteiger partial charge on any atom is 0.289 e. The second-order valence-electron chi connectivity index (χ2n) is 5.10. The number of phenols is 1. The molecule has 0 saturated heterocycles. The molecule has 6 nitrogen and oxygen atoms in total. The van der Waals surface area contributed by atoms with Crippen molar-refractivity contribution in [2.75, 3.05) is 0 Å². The number of nitrogens with one attached hydrogen (secondary N) is 1. The van der Waals surface area contributed by atoms with Crippen LogP contribution in [0.25, 0.3) is 10.9 Å². The molecule has 0 saturated carbocycles. The predicted molar refractivity (Wildman–Crippen MR) is 79.7 cm³/mol. The summed E-state index contributed by atoms with van der Waals surface area (Å²) in [6.07, 6.45) is -0.618. The molecule has 1 atom stereocenters. The number of rotatable bonds is 1. The molecule has 0 unspecified atom stereocenters. The minimum absolute atomic E-state index is 0.0989. The van der Waals surface area contributed by atoms with Gasteiger partial charge in [0.2, 0.25) is 5.82 Å². The third-order valence-electron chi connectivity index (χ3n) is 3.75. The SMILES string of the molecule is O=C1N[C@H](c2ccc(O)cc2)n2c1nc1ccccc1c2=O. The van der Waals surface area contributed by atoms with E-state index in [-0.39, 0.29) is 23.0 Å². The van der Waals surface area contributed by atoms with Crippen LogP contribution in [0.4, 0.5) is 0 Å². The van der Waals surface area contributed by atoms with Gasteiger partial charge in [0.25, 0.3) is 11.5 Å². The molecule has 0 bridgehead atoms. The van der Waals surface area contributed by atoms with E-state index >= 15 is 0 Å². The Bertz CT molecular complexity index is 961. The normalized spacial score (nSPS) is 16.5. The molecule has 0 fully saturated rings. The molecule has 0 aliphatic carbocycles. The van der Waals surface area contributed by atoms with E-state index in [1.807, 2.05) is 0 Å². The highest BCUT2D eigenvalue weighted by Gasteiger charge is 2.32. The fraction of sp³-hybridized carbons (Fsp3) is 0.0625. The number of para-hydroxylation sites is 1. The highest BCUT2D eigenvalue weighted by atomic mass is 16.3. The van der Waals surface area contributed by atoms with Crippen molar-refractivity contribution >= 4 is 16.8 Å². The largest absolute Gasteiger partial charge is 0.508 e. The third-order valence-corrected chi connectivity index (χ3v) is 3.75. The van der Waals surface area contributed by atoms with Gasteiger partial charge in [-0.2, -0.15) is 0 Å². The van der Waals surface area contributed by atoms with E-state index in [1.165, 1.54) is 16.7 Å². The number of hydrogen-bond donors (Lipinski definition) is 2. The molecule has 2 N–H and O–H groups in total. The van der Waals surface area contributed by atoms with Crippen molar-refractivity contribution in [3.05, 3.63) is 70.3 Å². The van der Waals surface area contributed by atoms with Crippen LogP contribution in [0.2, 0.25) is 0 Å². The molecule has 2 aromatic carbocycles. The van der Waals surface area contributed by atoms with Crippen LogP contribution in [0, 0.1) is 0 Å². The Hall–Kier alpha value is -3.15. The number of benzene rings is 2. The maximum atomic E-state index is 12.7. The number of fused-ring (bicyclic) bond motifs is 2. The number of amides is 1. The zero-order valence-electron chi connectivity index (χ0n) is 11.4. The quantitative estimate of drug-likeness (QED) is 0.710. The summed E-state index contributed by atoms with van der Waals surface area (Å²) in [7, 11) is 0. The Labute approximate surface area is 124 Å². The molecule has 1 aliphatic heterocycles. The summed E-state index contributed by atoms with van der Waals surface area (Å²) in [5.41, 5.74) is 0.932. The summed E-state index contributed by atoms with van der Waals surface area (Å²) in [4.78, 5) is 29.1. The van der Waals surface area contributed by atoms with Gasteiger partial charge in [-0.25, -0.2) is 4.98 Å². The lowest BCUT2D eigenvalue weighted by molar-refractivity contribution is 0.0956. The number of aromatic hydroxyl groups is 1. The smallest absolute Gasteiger partial charge is 0.289 e. The molecule has 1 aromatic heterocycles. The summed E-state index contributed by atoms with van der Waals surface area (Å²) >= 11 is 0. The van der Waals surface area contributed by atoms with Crippen LogP contribution in [-0.4, -0.2) is 20.6 Å². The molecule has 1 amide bonds. The number of carbonyl (C=O) groups is 1. The minimum Gasteiger partial charge on any atom is -0.508 e. The minimum atomic E-state index is -0.618. The Kier molecular flexibility index (Phi) is 2.53. The van der Waals surface area contributed by atoms with Gasteiger partial charge in [-0.05, 0) is 29.8 Å². The number of phenolic OH excluding ortho intramolecular Hbond substituents is 1. The van der Waals surface area contributed by atoms with Crippen LogP contribution < -0.4 is 10.9 Å². The van der Waals surface area contributed by atoms with Crippen LogP contribution in [0.15, 0.2) is 53.3 Å². The van der Waals surface area contributed by atoms with Gasteiger partial charge in [0.1, 0.15) is 11.9 Å². The summed E-state index contributed by atoms with van der Waals surface area (Å²) in [6.45, 7) is 0. The third kappa shape index (κ3) is 1.70. The van der Waals surface area contributed by atoms with Crippen LogP contribution in [0.5, 0.6) is 5.75 Å². The first-order valence-corrected chi connectivity index (χ1v) is 6.76. The van der Waals surface area contributed by atoms with E-state index in [0.717, 1.165) is 0 Å². The molecular formula is C16H11N3O3. The summed E-state index contributed by atoms with van der Waals surface area (Å²) < 4.78 is 1.36. The number of nitrogens with zero attached hydrogens (tertiary/aromatic N) is 2. The van der Waals surface area contributed by atoms with E-state index in [0.29, 0.717) is 16.5 Å². The molecule has 108 valence electrons. The molecule has 1 aliphatic rings. The van der Waals surface area contributed by atoms with Gasteiger partial charge >= 0.3 is 0 Å². The van der Waals surface area contributed by atoms with Crippen molar-refractivity contribution in [2.45, 2.75) is 6.17 Å². The van der Waals surface area contributed by atoms with Gasteiger partial charge < -0.3 is 10.4 Å². The van der Waals surface area contributed by atoms with Crippen LogP contribution in [0.3, 0.4) is 0 Å². The standard InChI is InChI=1S/C16H11N3O3/c20-10-7-5-9(6-8-10)13-18-15(21)14-17-12-4-2-1-3-11(12)16(22)19(13)14/h1-8,13,20H,(H,18,21)/t13-/m0/s1. The number of aromatic nitrogens is 2. The molecule has 22 heavy (non-hydrogen) atoms. The summed E-state index contributed by atoms with van der Waals surface area (Å²) in [6, 6.07) is 13.3. The summed E-state index contributed by atoms with van der Waals surface area (Å²) in [5, 5.41) is 12.6. The molecule has 4 rings (SSSR count). The molecule has 3 aromatic rings. The first kappa shape index (κ1) is 12.6. The fourth-order valence-electron chi connectivity index (χ4n) is 2.69. The molecule has 2 heterocycles. The monoisotopic (exact) mass is 293 g/mol. The lowest BCUT2D eigenvalue weighted by Crippen LogP contribution is -2.28. The number of carbonyl (C=O) groups excluding carboxylic acids is 1. The first-order chi connectivity index (χ1) is 10.6. The van der Waals surface area contributed by atoms with Crippen molar-refractivity contribution in [1.82, 2.24) is 14.9 Å². The average molecular weight is 293 g/mol. The molecule has 0 radical (unpaired) electrons. The van der Waals surface area contributed by atoms with Gasteiger partial charge in [-0.15, -0.1) is 0 Å². The van der Waals surface area contributed by atoms with Crippen molar-refractivity contribution in [3.8, 4) is 5.75 Å². The topological polar surface area (TPSA) is 84.2 Å². The van der Waals surface area contributed by atoms with Gasteiger partial charge in [0.05, 0.1) is 10.9 Å². The van der Waals surface area contributed by atoms with Gasteiger partial charge in [0.15, 0.2) is 0 Å². The van der Waals surface area contributed by atoms with E-state index in [9.17, 15) is 14.7 Å². The highest BCUT2D eigenvalue weighted by Crippen LogP contribution is 2.24. The summed E-state index contributed by atoms with van der Waals surface area (Å²) in [5.74, 6) is -0.167. The lowest BCUT2D eigenvalue weighted by atomic mass is 10.1. The zero-order valence-corrected chi connectivity index (χ0v) is 11.4. The van der Waals surface area contributed by atoms with Gasteiger partial charge in [0, 0.05) is 0 Å². The Morgan fingerprint density at radius 2 is 1.77 bits per heavy atom. The zero-order chi connectivity index (χ0) is 15.3. The Balaban J connectivity index is 1.99. The highest BCUT2D eigenvalue weighted by molar-refractivity contribution is 5.95. The van der Waals surface area contributed by atoms with Crippen LogP contribution >= 0.6 is 0 Å². The van der Waals surface area contributed by atoms with Crippen molar-refractivity contribution in [3.63, 3.8) is 0 Å². The van der Waals surface area contributed by atoms with Crippen molar-refractivity contribution in [1.29, 1.82) is 0 Å². The van der Waals surface area contributed by atoms with Crippen molar-refractivity contribution in [2.24, 2.45) is 0 Å². The Morgan fingerprint density at radius 1 is 1.05 bits per heavy atom. The van der Waals surface area contributed by atoms with E-state index in [2.05, 4.69) is 10.3 Å². The van der Waals surface area contributed by atoms with Crippen LogP contribution in [0.1, 0.15) is 22.3 Å². The molecule has 0 spiro atoms. The second-order valence-corrected chi connectivity index (χ2v) is 5.10. The van der Waals surface area contributed by atoms with Crippen LogP contribution in [-0.2, 0) is 0 Å². The van der Waals surface area contributed by atoms with Crippen molar-refractivity contribution < 1.29 is 9.90 Å². The van der Waals surface area contributed by atoms with Gasteiger partial charge in [-0.3, -0.25) is 14.2 Å². The van der Waals surface area contributed by atoms with E-state index in [1.54, 1.807) is 36.4 Å². The van der Waals surface area contributed by atoms with E-state index < -0.39 is 6.17 Å². The first-order valence-electron chi connectivity index (χ1n) is 6.76.